The van der Waals surface area contributed by atoms with Crippen LogP contribution in [0.25, 0.3) is 0 Å². The fourth-order valence-corrected chi connectivity index (χ4v) is 2.36. The lowest BCUT2D eigenvalue weighted by atomic mass is 9.93. The largest absolute Gasteiger partial charge is 0.493 e. The van der Waals surface area contributed by atoms with Crippen LogP contribution in [-0.2, 0) is 0 Å². The molecular weight excluding hydrogens is 258 g/mol. The van der Waals surface area contributed by atoms with Gasteiger partial charge in [-0.3, -0.25) is 0 Å². The van der Waals surface area contributed by atoms with Gasteiger partial charge >= 0.3 is 0 Å². The van der Waals surface area contributed by atoms with Crippen molar-refractivity contribution < 1.29 is 9.47 Å². The van der Waals surface area contributed by atoms with Gasteiger partial charge in [0.25, 0.3) is 0 Å². The van der Waals surface area contributed by atoms with Crippen molar-refractivity contribution in [2.45, 2.75) is 12.3 Å². The van der Waals surface area contributed by atoms with E-state index in [0.29, 0.717) is 19.1 Å². The van der Waals surface area contributed by atoms with Crippen molar-refractivity contribution in [3.8, 4) is 11.5 Å². The van der Waals surface area contributed by atoms with Gasteiger partial charge in [-0.05, 0) is 25.1 Å². The predicted octanol–water partition coefficient (Wildman–Crippen LogP) is 2.28. The Morgan fingerprint density at radius 1 is 1.60 bits per heavy atom. The first-order chi connectivity index (χ1) is 7.26. The Labute approximate surface area is 97.7 Å². The number of methoxy groups -OCH3 is 1. The molecule has 0 aliphatic carbocycles. The molecule has 1 atom stereocenters. The maximum absolute atomic E-state index is 5.75. The molecule has 0 fully saturated rings. The number of fused-ring (bicyclic) bond motifs is 1. The zero-order valence-electron chi connectivity index (χ0n) is 8.63. The molecule has 3 nitrogen and oxygen atoms in total. The molecule has 0 saturated heterocycles. The van der Waals surface area contributed by atoms with Crippen molar-refractivity contribution in [1.82, 2.24) is 0 Å². The van der Waals surface area contributed by atoms with Gasteiger partial charge in [0, 0.05) is 16.0 Å². The highest BCUT2D eigenvalue weighted by molar-refractivity contribution is 9.10. The molecule has 4 heteroatoms. The highest BCUT2D eigenvalue weighted by atomic mass is 79.9. The highest BCUT2D eigenvalue weighted by Crippen LogP contribution is 2.42. The van der Waals surface area contributed by atoms with Crippen molar-refractivity contribution >= 4 is 15.9 Å². The first-order valence-corrected chi connectivity index (χ1v) is 5.76. The standard InChI is InChI=1S/C11H14BrNO2/c1-14-10-5-8(12)4-9-7(6-13)2-3-15-11(9)10/h4-5,7H,2-3,6,13H2,1H3. The quantitative estimate of drug-likeness (QED) is 0.898. The van der Waals surface area contributed by atoms with E-state index < -0.39 is 0 Å². The molecule has 0 aromatic heterocycles. The second-order valence-corrected chi connectivity index (χ2v) is 4.51. The zero-order valence-corrected chi connectivity index (χ0v) is 10.2. The average molecular weight is 272 g/mol. The Kier molecular flexibility index (Phi) is 3.17. The van der Waals surface area contributed by atoms with Crippen LogP contribution in [0.4, 0.5) is 0 Å². The van der Waals surface area contributed by atoms with Gasteiger partial charge in [0.1, 0.15) is 0 Å². The average Bonchev–Trinajstić information content (AvgIpc) is 2.27. The van der Waals surface area contributed by atoms with E-state index >= 15 is 0 Å². The fourth-order valence-electron chi connectivity index (χ4n) is 1.90. The molecular formula is C11H14BrNO2. The SMILES string of the molecule is COc1cc(Br)cc2c1OCCC2CN. The number of ether oxygens (including phenoxy) is 2. The van der Waals surface area contributed by atoms with E-state index in [9.17, 15) is 0 Å². The zero-order chi connectivity index (χ0) is 10.8. The number of hydrogen-bond acceptors (Lipinski definition) is 3. The van der Waals surface area contributed by atoms with Gasteiger partial charge in [-0.15, -0.1) is 0 Å². The lowest BCUT2D eigenvalue weighted by molar-refractivity contribution is 0.252. The number of benzene rings is 1. The van der Waals surface area contributed by atoms with Gasteiger partial charge in [-0.2, -0.15) is 0 Å². The Morgan fingerprint density at radius 2 is 2.40 bits per heavy atom. The van der Waals surface area contributed by atoms with Crippen molar-refractivity contribution in [2.24, 2.45) is 5.73 Å². The lowest BCUT2D eigenvalue weighted by Crippen LogP contribution is -2.21. The number of nitrogens with two attached hydrogens (primary N) is 1. The Balaban J connectivity index is 2.51. The first kappa shape index (κ1) is 10.8. The molecule has 15 heavy (non-hydrogen) atoms. The third-order valence-corrected chi connectivity index (χ3v) is 3.16. The summed E-state index contributed by atoms with van der Waals surface area (Å²) >= 11 is 3.46. The van der Waals surface area contributed by atoms with E-state index in [4.69, 9.17) is 15.2 Å². The summed E-state index contributed by atoms with van der Waals surface area (Å²) in [5.74, 6) is 2.00. The van der Waals surface area contributed by atoms with E-state index in [1.807, 2.05) is 6.07 Å². The van der Waals surface area contributed by atoms with Crippen LogP contribution in [0.15, 0.2) is 16.6 Å². The molecule has 0 amide bonds. The second kappa shape index (κ2) is 4.41. The highest BCUT2D eigenvalue weighted by Gasteiger charge is 2.23. The molecule has 0 saturated carbocycles. The number of halogens is 1. The molecule has 1 aromatic carbocycles. The summed E-state index contributed by atoms with van der Waals surface area (Å²) in [5.41, 5.74) is 6.90. The van der Waals surface area contributed by atoms with Crippen LogP contribution in [0.1, 0.15) is 17.9 Å². The third-order valence-electron chi connectivity index (χ3n) is 2.71. The van der Waals surface area contributed by atoms with Gasteiger partial charge in [0.05, 0.1) is 13.7 Å². The summed E-state index contributed by atoms with van der Waals surface area (Å²) in [7, 11) is 1.65. The Bertz CT molecular complexity index is 368. The summed E-state index contributed by atoms with van der Waals surface area (Å²) in [6.45, 7) is 1.36. The predicted molar refractivity (Wildman–Crippen MR) is 62.6 cm³/mol. The van der Waals surface area contributed by atoms with Crippen molar-refractivity contribution in [3.63, 3.8) is 0 Å². The molecule has 0 bridgehead atoms. The molecule has 1 aromatic rings. The van der Waals surface area contributed by atoms with Crippen LogP contribution in [0.5, 0.6) is 11.5 Å². The minimum atomic E-state index is 0.375. The van der Waals surface area contributed by atoms with Crippen molar-refractivity contribution in [2.75, 3.05) is 20.3 Å². The van der Waals surface area contributed by atoms with E-state index in [0.717, 1.165) is 28.0 Å². The maximum Gasteiger partial charge on any atom is 0.164 e. The monoisotopic (exact) mass is 271 g/mol. The minimum absolute atomic E-state index is 0.375. The van der Waals surface area contributed by atoms with Crippen LogP contribution in [0, 0.1) is 0 Å². The summed E-state index contributed by atoms with van der Waals surface area (Å²) in [6, 6.07) is 3.98. The minimum Gasteiger partial charge on any atom is -0.493 e. The van der Waals surface area contributed by atoms with E-state index in [1.54, 1.807) is 7.11 Å². The van der Waals surface area contributed by atoms with E-state index in [-0.39, 0.29) is 0 Å². The summed E-state index contributed by atoms with van der Waals surface area (Å²) < 4.78 is 11.9. The van der Waals surface area contributed by atoms with E-state index in [1.165, 1.54) is 0 Å². The number of rotatable bonds is 2. The van der Waals surface area contributed by atoms with Gasteiger partial charge in [0.15, 0.2) is 11.5 Å². The summed E-state index contributed by atoms with van der Waals surface area (Å²) in [6.07, 6.45) is 0.975. The Morgan fingerprint density at radius 3 is 3.07 bits per heavy atom. The molecule has 1 heterocycles. The van der Waals surface area contributed by atoms with Crippen LogP contribution >= 0.6 is 15.9 Å². The van der Waals surface area contributed by atoms with Crippen molar-refractivity contribution in [3.05, 3.63) is 22.2 Å². The smallest absolute Gasteiger partial charge is 0.164 e. The molecule has 2 rings (SSSR count). The van der Waals surface area contributed by atoms with Gasteiger partial charge in [0.2, 0.25) is 0 Å². The van der Waals surface area contributed by atoms with Gasteiger partial charge in [-0.25, -0.2) is 0 Å². The lowest BCUT2D eigenvalue weighted by Gasteiger charge is -2.26. The van der Waals surface area contributed by atoms with Crippen LogP contribution in [-0.4, -0.2) is 20.3 Å². The van der Waals surface area contributed by atoms with Gasteiger partial charge in [-0.1, -0.05) is 15.9 Å². The van der Waals surface area contributed by atoms with Crippen LogP contribution in [0.2, 0.25) is 0 Å². The molecule has 82 valence electrons. The normalized spacial score (nSPS) is 19.3. The molecule has 0 spiro atoms. The first-order valence-electron chi connectivity index (χ1n) is 4.96. The van der Waals surface area contributed by atoms with Crippen LogP contribution in [0.3, 0.4) is 0 Å². The summed E-state index contributed by atoms with van der Waals surface area (Å²) in [5, 5.41) is 0. The molecule has 0 radical (unpaired) electrons. The molecule has 1 aliphatic heterocycles. The fraction of sp³-hybridized carbons (Fsp3) is 0.455. The van der Waals surface area contributed by atoms with Crippen molar-refractivity contribution in [1.29, 1.82) is 0 Å². The Hall–Kier alpha value is -0.740. The summed E-state index contributed by atoms with van der Waals surface area (Å²) in [4.78, 5) is 0. The van der Waals surface area contributed by atoms with Gasteiger partial charge < -0.3 is 15.2 Å². The molecule has 1 unspecified atom stereocenters. The van der Waals surface area contributed by atoms with E-state index in [2.05, 4.69) is 22.0 Å². The number of hydrogen-bond donors (Lipinski definition) is 1. The molecule has 2 N–H and O–H groups in total. The third kappa shape index (κ3) is 1.96. The maximum atomic E-state index is 5.75. The second-order valence-electron chi connectivity index (χ2n) is 3.60. The molecule has 1 aliphatic rings. The van der Waals surface area contributed by atoms with Crippen LogP contribution < -0.4 is 15.2 Å². The topological polar surface area (TPSA) is 44.5 Å².